The number of nitro benzene ring substituents is 1. The molecule has 134 valence electrons. The van der Waals surface area contributed by atoms with Gasteiger partial charge in [-0.05, 0) is 48.5 Å². The SMILES string of the molecule is O=C1/C(=C/c2ccc(-c3ccc([N+](=O)[O-])cc3)o2)COc2ccc(Br)cc21. The number of hydrogen-bond donors (Lipinski definition) is 0. The molecule has 1 aliphatic rings. The summed E-state index contributed by atoms with van der Waals surface area (Å²) in [5.74, 6) is 1.52. The summed E-state index contributed by atoms with van der Waals surface area (Å²) in [4.78, 5) is 23.0. The number of ether oxygens (including phenoxy) is 1. The maximum absolute atomic E-state index is 12.7. The second-order valence-electron chi connectivity index (χ2n) is 5.93. The third-order valence-corrected chi connectivity index (χ3v) is 4.66. The second-order valence-corrected chi connectivity index (χ2v) is 6.85. The minimum absolute atomic E-state index is 0.0161. The number of hydrogen-bond acceptors (Lipinski definition) is 5. The van der Waals surface area contributed by atoms with Crippen molar-refractivity contribution in [1.82, 2.24) is 0 Å². The molecule has 0 radical (unpaired) electrons. The first kappa shape index (κ1) is 17.2. The summed E-state index contributed by atoms with van der Waals surface area (Å²) in [6.45, 7) is 0.168. The van der Waals surface area contributed by atoms with E-state index in [-0.39, 0.29) is 18.1 Å². The molecule has 0 aliphatic carbocycles. The van der Waals surface area contributed by atoms with Crippen LogP contribution in [0, 0.1) is 10.1 Å². The van der Waals surface area contributed by atoms with Crippen LogP contribution >= 0.6 is 15.9 Å². The van der Waals surface area contributed by atoms with Crippen LogP contribution in [-0.2, 0) is 0 Å². The van der Waals surface area contributed by atoms with Crippen LogP contribution in [0.5, 0.6) is 5.75 Å². The highest BCUT2D eigenvalue weighted by molar-refractivity contribution is 9.10. The van der Waals surface area contributed by atoms with Crippen LogP contribution in [0.3, 0.4) is 0 Å². The third kappa shape index (κ3) is 3.41. The molecule has 0 fully saturated rings. The molecule has 0 unspecified atom stereocenters. The molecule has 0 saturated carbocycles. The Labute approximate surface area is 162 Å². The zero-order chi connectivity index (χ0) is 19.0. The van der Waals surface area contributed by atoms with Crippen LogP contribution < -0.4 is 4.74 Å². The van der Waals surface area contributed by atoms with Gasteiger partial charge in [0.15, 0.2) is 5.78 Å². The number of ketones is 1. The summed E-state index contributed by atoms with van der Waals surface area (Å²) < 4.78 is 12.2. The van der Waals surface area contributed by atoms with Gasteiger partial charge in [-0.2, -0.15) is 0 Å². The van der Waals surface area contributed by atoms with E-state index in [0.717, 1.165) is 4.47 Å². The summed E-state index contributed by atoms with van der Waals surface area (Å²) in [5.41, 5.74) is 1.72. The van der Waals surface area contributed by atoms with Gasteiger partial charge in [-0.1, -0.05) is 15.9 Å². The van der Waals surface area contributed by atoms with Crippen molar-refractivity contribution < 1.29 is 18.9 Å². The molecule has 1 aromatic heterocycles. The smallest absolute Gasteiger partial charge is 0.269 e. The Balaban J connectivity index is 1.60. The molecule has 7 heteroatoms. The molecule has 3 aromatic rings. The van der Waals surface area contributed by atoms with E-state index in [1.54, 1.807) is 42.5 Å². The monoisotopic (exact) mass is 425 g/mol. The molecule has 2 heterocycles. The standard InChI is InChI=1S/C20H12BrNO5/c21-14-3-7-19-17(10-14)20(23)13(11-26-19)9-16-6-8-18(27-16)12-1-4-15(5-2-12)22(24)25/h1-10H,11H2/b13-9+. The van der Waals surface area contributed by atoms with Gasteiger partial charge in [-0.3, -0.25) is 14.9 Å². The fraction of sp³-hybridized carbons (Fsp3) is 0.0500. The molecular formula is C20H12BrNO5. The number of rotatable bonds is 3. The predicted molar refractivity (Wildman–Crippen MR) is 103 cm³/mol. The minimum atomic E-state index is -0.452. The number of nitrogens with zero attached hydrogens (tertiary/aromatic N) is 1. The lowest BCUT2D eigenvalue weighted by atomic mass is 10.00. The molecule has 0 saturated heterocycles. The number of carbonyl (C=O) groups excluding carboxylic acids is 1. The maximum Gasteiger partial charge on any atom is 0.269 e. The number of nitro groups is 1. The second kappa shape index (κ2) is 6.85. The lowest BCUT2D eigenvalue weighted by Gasteiger charge is -2.18. The number of carbonyl (C=O) groups is 1. The lowest BCUT2D eigenvalue weighted by molar-refractivity contribution is -0.384. The van der Waals surface area contributed by atoms with Gasteiger partial charge in [-0.25, -0.2) is 0 Å². The van der Waals surface area contributed by atoms with E-state index >= 15 is 0 Å². The molecular weight excluding hydrogens is 414 g/mol. The topological polar surface area (TPSA) is 82.6 Å². The lowest BCUT2D eigenvalue weighted by Crippen LogP contribution is -2.18. The van der Waals surface area contributed by atoms with Crippen LogP contribution in [0.2, 0.25) is 0 Å². The van der Waals surface area contributed by atoms with Crippen molar-refractivity contribution in [3.63, 3.8) is 0 Å². The average molecular weight is 426 g/mol. The fourth-order valence-corrected chi connectivity index (χ4v) is 3.17. The van der Waals surface area contributed by atoms with E-state index < -0.39 is 4.92 Å². The Hall–Kier alpha value is -3.19. The van der Waals surface area contributed by atoms with Gasteiger partial charge >= 0.3 is 0 Å². The Morgan fingerprint density at radius 2 is 1.85 bits per heavy atom. The zero-order valence-electron chi connectivity index (χ0n) is 13.8. The highest BCUT2D eigenvalue weighted by Crippen LogP contribution is 2.31. The highest BCUT2D eigenvalue weighted by Gasteiger charge is 2.24. The van der Waals surface area contributed by atoms with Crippen LogP contribution in [0.25, 0.3) is 17.4 Å². The molecule has 6 nitrogen and oxygen atoms in total. The number of Topliss-reactive ketones (excluding diaryl/α,β-unsaturated/α-hetero) is 1. The van der Waals surface area contributed by atoms with Crippen molar-refractivity contribution in [2.75, 3.05) is 6.61 Å². The average Bonchev–Trinajstić information content (AvgIpc) is 3.13. The first-order valence-corrected chi connectivity index (χ1v) is 8.83. The first-order chi connectivity index (χ1) is 13.0. The molecule has 0 atom stereocenters. The fourth-order valence-electron chi connectivity index (χ4n) is 2.81. The van der Waals surface area contributed by atoms with Crippen molar-refractivity contribution in [3.05, 3.63) is 86.1 Å². The van der Waals surface area contributed by atoms with Gasteiger partial charge < -0.3 is 9.15 Å². The minimum Gasteiger partial charge on any atom is -0.488 e. The zero-order valence-corrected chi connectivity index (χ0v) is 15.4. The van der Waals surface area contributed by atoms with Crippen LogP contribution in [0.15, 0.2) is 69.1 Å². The van der Waals surface area contributed by atoms with Crippen molar-refractivity contribution in [2.24, 2.45) is 0 Å². The summed E-state index contributed by atoms with van der Waals surface area (Å²) in [6.07, 6.45) is 1.65. The summed E-state index contributed by atoms with van der Waals surface area (Å²) in [6, 6.07) is 14.9. The molecule has 0 spiro atoms. The maximum atomic E-state index is 12.7. The van der Waals surface area contributed by atoms with E-state index in [4.69, 9.17) is 9.15 Å². The molecule has 1 aliphatic heterocycles. The first-order valence-electron chi connectivity index (χ1n) is 8.03. The summed E-state index contributed by atoms with van der Waals surface area (Å²) in [5, 5.41) is 10.7. The summed E-state index contributed by atoms with van der Waals surface area (Å²) >= 11 is 3.36. The van der Waals surface area contributed by atoms with E-state index in [0.29, 0.717) is 34.0 Å². The third-order valence-electron chi connectivity index (χ3n) is 4.17. The van der Waals surface area contributed by atoms with Crippen LogP contribution in [-0.4, -0.2) is 17.3 Å². The Morgan fingerprint density at radius 1 is 1.07 bits per heavy atom. The number of benzene rings is 2. The molecule has 0 amide bonds. The van der Waals surface area contributed by atoms with Crippen LogP contribution in [0.4, 0.5) is 5.69 Å². The number of halogens is 1. The van der Waals surface area contributed by atoms with E-state index in [1.165, 1.54) is 12.1 Å². The molecule has 4 rings (SSSR count). The Bertz CT molecular complexity index is 1080. The van der Waals surface area contributed by atoms with E-state index in [9.17, 15) is 14.9 Å². The normalized spacial score (nSPS) is 14.7. The van der Waals surface area contributed by atoms with Gasteiger partial charge in [0.05, 0.1) is 10.5 Å². The largest absolute Gasteiger partial charge is 0.488 e. The van der Waals surface area contributed by atoms with Crippen molar-refractivity contribution in [3.8, 4) is 17.1 Å². The molecule has 0 N–H and O–H groups in total. The van der Waals surface area contributed by atoms with Gasteiger partial charge in [0.25, 0.3) is 5.69 Å². The summed E-state index contributed by atoms with van der Waals surface area (Å²) in [7, 11) is 0. The number of fused-ring (bicyclic) bond motifs is 1. The predicted octanol–water partition coefficient (Wildman–Crippen LogP) is 5.28. The Kier molecular flexibility index (Phi) is 4.37. The molecule has 2 aromatic carbocycles. The van der Waals surface area contributed by atoms with Crippen LogP contribution in [0.1, 0.15) is 16.1 Å². The van der Waals surface area contributed by atoms with Gasteiger partial charge in [0, 0.05) is 27.7 Å². The number of non-ortho nitro benzene ring substituents is 1. The molecule has 0 bridgehead atoms. The quantitative estimate of drug-likeness (QED) is 0.324. The highest BCUT2D eigenvalue weighted by atomic mass is 79.9. The van der Waals surface area contributed by atoms with Gasteiger partial charge in [0.2, 0.25) is 0 Å². The molecule has 27 heavy (non-hydrogen) atoms. The van der Waals surface area contributed by atoms with Crippen molar-refractivity contribution >= 4 is 33.5 Å². The van der Waals surface area contributed by atoms with E-state index in [2.05, 4.69) is 15.9 Å². The van der Waals surface area contributed by atoms with Crippen molar-refractivity contribution in [2.45, 2.75) is 0 Å². The van der Waals surface area contributed by atoms with Gasteiger partial charge in [0.1, 0.15) is 23.9 Å². The number of furan rings is 1. The van der Waals surface area contributed by atoms with Gasteiger partial charge in [-0.15, -0.1) is 0 Å². The Morgan fingerprint density at radius 3 is 2.59 bits per heavy atom. The van der Waals surface area contributed by atoms with Crippen molar-refractivity contribution in [1.29, 1.82) is 0 Å². The van der Waals surface area contributed by atoms with E-state index in [1.807, 2.05) is 6.07 Å².